The average Bonchev–Trinajstić information content (AvgIpc) is 1.71. The van der Waals surface area contributed by atoms with Crippen LogP contribution < -0.4 is 22.1 Å². The highest BCUT2D eigenvalue weighted by molar-refractivity contribution is 7.11. The van der Waals surface area contributed by atoms with Crippen LogP contribution in [0.3, 0.4) is 0 Å². The van der Waals surface area contributed by atoms with Gasteiger partial charge in [0.05, 0.1) is 64.0 Å². The number of guanidine groups is 3. The van der Waals surface area contributed by atoms with Gasteiger partial charge in [-0.15, -0.1) is 22.7 Å². The van der Waals surface area contributed by atoms with Crippen molar-refractivity contribution in [1.29, 1.82) is 21.0 Å². The first-order chi connectivity index (χ1) is 48.3. The summed E-state index contributed by atoms with van der Waals surface area (Å²) in [4.78, 5) is 62.8. The van der Waals surface area contributed by atoms with Crippen LogP contribution in [0.2, 0.25) is 0 Å². The SMILES string of the molecule is CN1C(=O)[C@@H](c2ccc(C3(C#N)CCC3)cc2)[C@@](C)(c2cc(-c3cccc(C#N)c3)cs2)N=C1N.CN1C(=O)[C@H](C2CCN(c3ccc(F)cc3)CC2)[C@@](C)(c2ccc(F)cc2F)N=C1N.CN1C(=O)[C@H](c2ccc(C3(C#N)CCC3)cc2)[C@@](C)(c2cc(-c3cccc(C#N)c3)cs2)N=C1N. The number of aliphatic imine (C=N–C) groups is 3. The minimum atomic E-state index is -1.24. The second-order valence-electron chi connectivity index (χ2n) is 27.4. The van der Waals surface area contributed by atoms with Gasteiger partial charge in [-0.3, -0.25) is 29.1 Å². The van der Waals surface area contributed by atoms with Gasteiger partial charge in [-0.2, -0.15) is 21.0 Å². The van der Waals surface area contributed by atoms with E-state index in [0.29, 0.717) is 37.1 Å². The number of benzene rings is 6. The van der Waals surface area contributed by atoms with E-state index in [-0.39, 0.29) is 52.9 Å². The Morgan fingerprint density at radius 3 is 1.31 bits per heavy atom. The first-order valence-corrected chi connectivity index (χ1v) is 35.2. The third-order valence-electron chi connectivity index (χ3n) is 21.5. The number of hydrogen-bond donors (Lipinski definition) is 3. The maximum absolute atomic E-state index is 14.8. The van der Waals surface area contributed by atoms with Crippen molar-refractivity contribution >= 4 is 64.0 Å². The molecule has 6 aliphatic rings. The van der Waals surface area contributed by atoms with Crippen LogP contribution in [-0.4, -0.2) is 84.5 Å². The zero-order chi connectivity index (χ0) is 71.9. The van der Waals surface area contributed by atoms with Crippen LogP contribution in [-0.2, 0) is 41.8 Å². The Labute approximate surface area is 593 Å². The first-order valence-electron chi connectivity index (χ1n) is 33.4. The highest BCUT2D eigenvalue weighted by Gasteiger charge is 2.53. The summed E-state index contributed by atoms with van der Waals surface area (Å²) in [6.07, 6.45) is 6.96. The number of thiophene rings is 2. The Balaban J connectivity index is 0.000000144. The molecular weight excluding hydrogens is 1310 g/mol. The summed E-state index contributed by atoms with van der Waals surface area (Å²) in [5.41, 5.74) is 24.3. The summed E-state index contributed by atoms with van der Waals surface area (Å²) in [5.74, 6) is -3.64. The molecule has 3 fully saturated rings. The molecule has 6 aromatic carbocycles. The van der Waals surface area contributed by atoms with Gasteiger partial charge in [-0.1, -0.05) is 78.9 Å². The summed E-state index contributed by atoms with van der Waals surface area (Å²) in [7, 11) is 4.85. The van der Waals surface area contributed by atoms with Crippen LogP contribution in [0.4, 0.5) is 18.9 Å². The highest BCUT2D eigenvalue weighted by atomic mass is 32.1. The lowest BCUT2D eigenvalue weighted by atomic mass is 9.65. The van der Waals surface area contributed by atoms with E-state index in [2.05, 4.69) is 34.2 Å². The number of amides is 3. The van der Waals surface area contributed by atoms with Crippen molar-refractivity contribution in [1.82, 2.24) is 14.7 Å². The standard InChI is InChI=1S/2C28H25N5OS.C23H25F3N4O/c2*1-27(23-14-21(16-35-23)20-6-3-5-18(13-20)15-29)24(25(34)33(2)26(31)32-27)19-7-9-22(10-8-19)28(17-30)11-4-12-28;1-23(18-8-5-16(25)13-19(18)26)20(21(31)29(2)22(27)28-23)14-9-11-30(12-10-14)17-6-3-15(24)4-7-17/h2*3,5-10,13-14,16,24H,4,11-12H2,1-2H3,(H2,31,32);3-8,13-14,20H,9-12H2,1-2H3,(H2,27,28)/t24-,27+;24-,27-;20-,23+/m010/s1. The van der Waals surface area contributed by atoms with Gasteiger partial charge in [-0.05, 0) is 200 Å². The van der Waals surface area contributed by atoms with Crippen molar-refractivity contribution in [3.63, 3.8) is 0 Å². The number of nitriles is 4. The number of hydrogen-bond acceptors (Lipinski definition) is 16. The molecule has 6 N–H and O–H groups in total. The van der Waals surface area contributed by atoms with Crippen LogP contribution in [0.15, 0.2) is 177 Å². The van der Waals surface area contributed by atoms with Gasteiger partial charge >= 0.3 is 0 Å². The second-order valence-corrected chi connectivity index (χ2v) is 29.3. The minimum absolute atomic E-state index is 0.0104. The lowest BCUT2D eigenvalue weighted by Gasteiger charge is -2.46. The largest absolute Gasteiger partial charge is 0.372 e. The van der Waals surface area contributed by atoms with E-state index in [1.54, 1.807) is 52.3 Å². The molecule has 3 amide bonds. The Morgan fingerprint density at radius 1 is 0.495 bits per heavy atom. The Hall–Kier alpha value is -10.9. The van der Waals surface area contributed by atoms with Gasteiger partial charge in [-0.25, -0.2) is 28.1 Å². The minimum Gasteiger partial charge on any atom is -0.372 e. The molecule has 2 aliphatic carbocycles. The zero-order valence-electron chi connectivity index (χ0n) is 56.8. The van der Waals surface area contributed by atoms with Crippen LogP contribution in [0.25, 0.3) is 22.3 Å². The first kappa shape index (κ1) is 70.0. The van der Waals surface area contributed by atoms with E-state index in [0.717, 1.165) is 105 Å². The molecule has 4 aliphatic heterocycles. The lowest BCUT2D eigenvalue weighted by molar-refractivity contribution is -0.137. The van der Waals surface area contributed by atoms with E-state index < -0.39 is 56.8 Å². The number of carbonyl (C=O) groups excluding carboxylic acids is 3. The normalized spacial score (nSPS) is 23.7. The number of piperidine rings is 1. The molecule has 101 heavy (non-hydrogen) atoms. The van der Waals surface area contributed by atoms with Crippen molar-refractivity contribution in [2.75, 3.05) is 39.1 Å². The van der Waals surface area contributed by atoms with Gasteiger partial charge in [0.1, 0.15) is 34.1 Å². The van der Waals surface area contributed by atoms with Crippen LogP contribution >= 0.6 is 22.7 Å². The van der Waals surface area contributed by atoms with Gasteiger partial charge in [0, 0.05) is 61.3 Å². The maximum Gasteiger partial charge on any atom is 0.239 e. The summed E-state index contributed by atoms with van der Waals surface area (Å²) in [5, 5.41) is 42.0. The van der Waals surface area contributed by atoms with Crippen molar-refractivity contribution in [2.45, 2.75) is 111 Å². The Kier molecular flexibility index (Phi) is 19.2. The number of carbonyl (C=O) groups is 3. The fourth-order valence-corrected chi connectivity index (χ4v) is 17.2. The van der Waals surface area contributed by atoms with E-state index in [1.807, 2.05) is 122 Å². The van der Waals surface area contributed by atoms with Gasteiger partial charge in [0.25, 0.3) is 0 Å². The topological polar surface area (TPSA) is 274 Å². The summed E-state index contributed by atoms with van der Waals surface area (Å²) in [6, 6.07) is 53.8. The predicted molar refractivity (Wildman–Crippen MR) is 386 cm³/mol. The molecule has 6 atom stereocenters. The van der Waals surface area contributed by atoms with E-state index >= 15 is 0 Å². The van der Waals surface area contributed by atoms with Gasteiger partial charge < -0.3 is 22.1 Å². The van der Waals surface area contributed by atoms with E-state index in [4.69, 9.17) is 27.2 Å². The molecule has 6 heterocycles. The summed E-state index contributed by atoms with van der Waals surface area (Å²) in [6.45, 7) is 6.94. The highest BCUT2D eigenvalue weighted by Crippen LogP contribution is 2.52. The molecule has 1 saturated heterocycles. The average molecular weight is 1390 g/mol. The van der Waals surface area contributed by atoms with Crippen LogP contribution in [0, 0.1) is 74.6 Å². The molecule has 0 radical (unpaired) electrons. The third kappa shape index (κ3) is 12.9. The molecule has 14 rings (SSSR count). The maximum atomic E-state index is 14.8. The molecule has 0 unspecified atom stereocenters. The predicted octanol–water partition coefficient (Wildman–Crippen LogP) is 13.7. The second kappa shape index (κ2) is 27.7. The van der Waals surface area contributed by atoms with Crippen LogP contribution in [0.5, 0.6) is 0 Å². The molecule has 0 bridgehead atoms. The molecule has 2 saturated carbocycles. The fraction of sp³-hybridized carbons (Fsp3) is 0.316. The van der Waals surface area contributed by atoms with Gasteiger partial charge in [0.2, 0.25) is 17.7 Å². The Bertz CT molecular complexity index is 4600. The summed E-state index contributed by atoms with van der Waals surface area (Å²) < 4.78 is 41.5. The lowest BCUT2D eigenvalue weighted by Crippen LogP contribution is -2.57. The third-order valence-corrected chi connectivity index (χ3v) is 23.8. The molecule has 0 spiro atoms. The van der Waals surface area contributed by atoms with Crippen molar-refractivity contribution in [3.05, 3.63) is 229 Å². The van der Waals surface area contributed by atoms with Crippen LogP contribution in [0.1, 0.15) is 133 Å². The number of rotatable bonds is 11. The molecule has 512 valence electrons. The molecule has 22 heteroatoms. The molecule has 8 aromatic rings. The van der Waals surface area contributed by atoms with Gasteiger partial charge in [0.15, 0.2) is 17.9 Å². The quantitative estimate of drug-likeness (QED) is 0.109. The fourth-order valence-electron chi connectivity index (χ4n) is 15.1. The number of halogens is 3. The van der Waals surface area contributed by atoms with Crippen molar-refractivity contribution in [2.24, 2.45) is 44.0 Å². The summed E-state index contributed by atoms with van der Waals surface area (Å²) >= 11 is 3.06. The number of anilines is 1. The molecule has 17 nitrogen and oxygen atoms in total. The smallest absolute Gasteiger partial charge is 0.239 e. The van der Waals surface area contributed by atoms with Crippen molar-refractivity contribution in [3.8, 4) is 46.5 Å². The van der Waals surface area contributed by atoms with E-state index in [9.17, 15) is 48.6 Å². The van der Waals surface area contributed by atoms with E-state index in [1.165, 1.54) is 61.6 Å². The number of likely N-dealkylation sites (N-methyl/N-ethyl adjacent to an activating group) is 2. The molecular formula is C79H75F3N14O3S2. The zero-order valence-corrected chi connectivity index (χ0v) is 58.4. The number of nitrogens with zero attached hydrogens (tertiary/aromatic N) is 11. The number of nitrogens with two attached hydrogens (primary N) is 3. The molecule has 2 aromatic heterocycles. The Morgan fingerprint density at radius 2 is 0.911 bits per heavy atom. The van der Waals surface area contributed by atoms with Crippen molar-refractivity contribution < 1.29 is 27.6 Å². The monoisotopic (exact) mass is 1390 g/mol.